The summed E-state index contributed by atoms with van der Waals surface area (Å²) in [6, 6.07) is 7.46. The van der Waals surface area contributed by atoms with Gasteiger partial charge in [0, 0.05) is 35.8 Å². The van der Waals surface area contributed by atoms with Gasteiger partial charge in [-0.15, -0.1) is 0 Å². The summed E-state index contributed by atoms with van der Waals surface area (Å²) >= 11 is 0. The van der Waals surface area contributed by atoms with Crippen molar-refractivity contribution in [3.8, 4) is 17.2 Å². The van der Waals surface area contributed by atoms with E-state index < -0.39 is 0 Å². The molecule has 4 aromatic rings. The van der Waals surface area contributed by atoms with Gasteiger partial charge in [-0.2, -0.15) is 0 Å². The highest BCUT2D eigenvalue weighted by Gasteiger charge is 2.19. The highest BCUT2D eigenvalue weighted by Crippen LogP contribution is 2.34. The Balaban J connectivity index is 1.80. The van der Waals surface area contributed by atoms with Gasteiger partial charge in [-0.25, -0.2) is 9.78 Å². The van der Waals surface area contributed by atoms with Crippen LogP contribution in [0.2, 0.25) is 0 Å². The summed E-state index contributed by atoms with van der Waals surface area (Å²) in [4.78, 5) is 24.2. The fourth-order valence-electron chi connectivity index (χ4n) is 3.47. The summed E-state index contributed by atoms with van der Waals surface area (Å²) < 4.78 is 13.1. The number of imidazole rings is 1. The van der Waals surface area contributed by atoms with Crippen LogP contribution < -0.4 is 15.2 Å². The number of aromatic nitrogens is 4. The largest absolute Gasteiger partial charge is 0.492 e. The topological polar surface area (TPSA) is 82.0 Å². The van der Waals surface area contributed by atoms with E-state index in [0.29, 0.717) is 35.8 Å². The van der Waals surface area contributed by atoms with E-state index in [2.05, 4.69) is 15.0 Å². The summed E-state index contributed by atoms with van der Waals surface area (Å²) in [5.74, 6) is 1.47. The first-order chi connectivity index (χ1) is 12.8. The van der Waals surface area contributed by atoms with Crippen molar-refractivity contribution in [2.75, 3.05) is 13.2 Å². The fourth-order valence-corrected chi connectivity index (χ4v) is 3.47. The van der Waals surface area contributed by atoms with Crippen LogP contribution in [0.1, 0.15) is 12.5 Å². The Labute approximate surface area is 148 Å². The van der Waals surface area contributed by atoms with E-state index in [1.54, 1.807) is 16.8 Å². The third kappa shape index (κ3) is 2.10. The molecule has 0 fully saturated rings. The molecule has 3 aromatic heterocycles. The van der Waals surface area contributed by atoms with Crippen LogP contribution >= 0.6 is 0 Å². The number of rotatable bonds is 3. The number of ether oxygens (including phenoxy) is 2. The zero-order valence-electron chi connectivity index (χ0n) is 14.2. The number of fused-ring (bicyclic) bond motifs is 4. The number of H-pyrrole nitrogens is 1. The van der Waals surface area contributed by atoms with Gasteiger partial charge in [0.25, 0.3) is 0 Å². The molecule has 7 nitrogen and oxygen atoms in total. The third-order valence-electron chi connectivity index (χ3n) is 4.59. The maximum Gasteiger partial charge on any atom is 0.332 e. The highest BCUT2D eigenvalue weighted by atomic mass is 16.5. The quantitative estimate of drug-likeness (QED) is 0.615. The van der Waals surface area contributed by atoms with Gasteiger partial charge in [-0.1, -0.05) is 0 Å². The molecule has 1 aliphatic rings. The minimum absolute atomic E-state index is 0.263. The molecule has 0 radical (unpaired) electrons. The van der Waals surface area contributed by atoms with Crippen LogP contribution in [0, 0.1) is 0 Å². The SMILES string of the molecule is CCOc1ccnc2[nH]c(=O)n(-c3ccc4ncc5c(c4c3)OCC5)c12. The predicted octanol–water partition coefficient (Wildman–Crippen LogP) is 2.60. The molecule has 26 heavy (non-hydrogen) atoms. The molecule has 130 valence electrons. The zero-order chi connectivity index (χ0) is 17.7. The lowest BCUT2D eigenvalue weighted by Gasteiger charge is -2.10. The smallest absolute Gasteiger partial charge is 0.332 e. The molecule has 0 spiro atoms. The molecule has 0 bridgehead atoms. The second kappa shape index (κ2) is 5.59. The van der Waals surface area contributed by atoms with Gasteiger partial charge >= 0.3 is 5.69 Å². The van der Waals surface area contributed by atoms with E-state index in [-0.39, 0.29) is 5.69 Å². The van der Waals surface area contributed by atoms with Crippen LogP contribution in [0.4, 0.5) is 0 Å². The van der Waals surface area contributed by atoms with Gasteiger partial charge < -0.3 is 9.47 Å². The van der Waals surface area contributed by atoms with Crippen molar-refractivity contribution in [2.24, 2.45) is 0 Å². The van der Waals surface area contributed by atoms with Gasteiger partial charge in [-0.3, -0.25) is 14.5 Å². The van der Waals surface area contributed by atoms with Crippen molar-refractivity contribution in [3.63, 3.8) is 0 Å². The Bertz CT molecular complexity index is 1210. The molecule has 0 unspecified atom stereocenters. The zero-order valence-corrected chi connectivity index (χ0v) is 14.2. The minimum Gasteiger partial charge on any atom is -0.492 e. The van der Waals surface area contributed by atoms with Crippen LogP contribution in [0.3, 0.4) is 0 Å². The summed E-state index contributed by atoms with van der Waals surface area (Å²) in [6.07, 6.45) is 4.34. The number of pyridine rings is 2. The first kappa shape index (κ1) is 14.9. The first-order valence-corrected chi connectivity index (χ1v) is 8.53. The normalized spacial score (nSPS) is 13.1. The monoisotopic (exact) mass is 348 g/mol. The number of nitrogens with zero attached hydrogens (tertiary/aromatic N) is 3. The van der Waals surface area contributed by atoms with Crippen LogP contribution in [-0.4, -0.2) is 32.7 Å². The third-order valence-corrected chi connectivity index (χ3v) is 4.59. The Kier molecular flexibility index (Phi) is 3.21. The van der Waals surface area contributed by atoms with Crippen molar-refractivity contribution < 1.29 is 9.47 Å². The maximum absolute atomic E-state index is 12.6. The molecule has 1 N–H and O–H groups in total. The molecule has 0 saturated heterocycles. The van der Waals surface area contributed by atoms with E-state index in [9.17, 15) is 4.79 Å². The molecule has 0 atom stereocenters. The standard InChI is InChI=1S/C19H16N4O3/c1-2-25-15-5-7-20-18-16(15)23(19(24)22-18)12-3-4-14-13(9-12)17-11(10-21-14)6-8-26-17/h3-5,7,9-10H,2,6,8H2,1H3,(H,20,22,24). The van der Waals surface area contributed by atoms with E-state index in [1.807, 2.05) is 31.3 Å². The Morgan fingerprint density at radius 2 is 2.23 bits per heavy atom. The van der Waals surface area contributed by atoms with Gasteiger partial charge in [-0.05, 0) is 25.1 Å². The molecule has 0 aliphatic carbocycles. The lowest BCUT2D eigenvalue weighted by Crippen LogP contribution is -2.15. The van der Waals surface area contributed by atoms with Gasteiger partial charge in [0.2, 0.25) is 0 Å². The highest BCUT2D eigenvalue weighted by molar-refractivity contribution is 5.89. The van der Waals surface area contributed by atoms with Crippen molar-refractivity contribution in [3.05, 3.63) is 52.7 Å². The second-order valence-electron chi connectivity index (χ2n) is 6.12. The van der Waals surface area contributed by atoms with E-state index >= 15 is 0 Å². The summed E-state index contributed by atoms with van der Waals surface area (Å²) in [7, 11) is 0. The van der Waals surface area contributed by atoms with Gasteiger partial charge in [0.15, 0.2) is 5.65 Å². The molecular weight excluding hydrogens is 332 g/mol. The van der Waals surface area contributed by atoms with Gasteiger partial charge in [0.1, 0.15) is 17.0 Å². The van der Waals surface area contributed by atoms with Crippen LogP contribution in [-0.2, 0) is 6.42 Å². The molecule has 4 heterocycles. The van der Waals surface area contributed by atoms with Crippen molar-refractivity contribution in [1.29, 1.82) is 0 Å². The maximum atomic E-state index is 12.6. The average molecular weight is 348 g/mol. The van der Waals surface area contributed by atoms with Crippen LogP contribution in [0.5, 0.6) is 11.5 Å². The number of hydrogen-bond acceptors (Lipinski definition) is 5. The predicted molar refractivity (Wildman–Crippen MR) is 97.4 cm³/mol. The molecule has 1 aliphatic heterocycles. The van der Waals surface area contributed by atoms with Gasteiger partial charge in [0.05, 0.1) is 24.4 Å². The molecule has 0 saturated carbocycles. The average Bonchev–Trinajstić information content (AvgIpc) is 3.25. The Morgan fingerprint density at radius 3 is 3.12 bits per heavy atom. The number of hydrogen-bond donors (Lipinski definition) is 1. The van der Waals surface area contributed by atoms with Crippen LogP contribution in [0.25, 0.3) is 27.8 Å². The molecule has 5 rings (SSSR count). The van der Waals surface area contributed by atoms with Crippen molar-refractivity contribution >= 4 is 22.1 Å². The fraction of sp³-hybridized carbons (Fsp3) is 0.211. The molecule has 0 amide bonds. The molecule has 1 aromatic carbocycles. The van der Waals surface area contributed by atoms with E-state index in [1.165, 1.54) is 0 Å². The Hall–Kier alpha value is -3.35. The summed E-state index contributed by atoms with van der Waals surface area (Å²) in [5.41, 5.74) is 3.51. The minimum atomic E-state index is -0.263. The van der Waals surface area contributed by atoms with Crippen molar-refractivity contribution in [2.45, 2.75) is 13.3 Å². The van der Waals surface area contributed by atoms with E-state index in [4.69, 9.17) is 9.47 Å². The van der Waals surface area contributed by atoms with Crippen molar-refractivity contribution in [1.82, 2.24) is 19.5 Å². The lowest BCUT2D eigenvalue weighted by atomic mass is 10.1. The number of benzene rings is 1. The summed E-state index contributed by atoms with van der Waals surface area (Å²) in [6.45, 7) is 3.07. The molecule has 7 heteroatoms. The summed E-state index contributed by atoms with van der Waals surface area (Å²) in [5, 5.41) is 0.903. The Morgan fingerprint density at radius 1 is 1.31 bits per heavy atom. The molecular formula is C19H16N4O3. The number of nitrogens with one attached hydrogen (secondary N) is 1. The number of aromatic amines is 1. The van der Waals surface area contributed by atoms with E-state index in [0.717, 1.165) is 28.6 Å². The first-order valence-electron chi connectivity index (χ1n) is 8.53. The lowest BCUT2D eigenvalue weighted by molar-refractivity contribution is 0.343. The van der Waals surface area contributed by atoms with Crippen LogP contribution in [0.15, 0.2) is 41.5 Å². The second-order valence-corrected chi connectivity index (χ2v) is 6.12.